The third-order valence-electron chi connectivity index (χ3n) is 8.23. The average Bonchev–Trinajstić information content (AvgIpc) is 2.99. The lowest BCUT2D eigenvalue weighted by atomic mass is 9.71. The number of benzene rings is 3. The quantitative estimate of drug-likeness (QED) is 0.251. The van der Waals surface area contributed by atoms with Crippen LogP contribution in [0.1, 0.15) is 68.1 Å². The number of hydrogen-bond donors (Lipinski definition) is 0. The van der Waals surface area contributed by atoms with Gasteiger partial charge in [0.1, 0.15) is 12.4 Å². The van der Waals surface area contributed by atoms with Crippen LogP contribution in [0.4, 0.5) is 4.39 Å². The first-order valence-corrected chi connectivity index (χ1v) is 15.4. The number of rotatable bonds is 8. The molecule has 3 aromatic carbocycles. The van der Waals surface area contributed by atoms with Gasteiger partial charge in [-0.15, -0.1) is 0 Å². The number of halogens is 2. The van der Waals surface area contributed by atoms with E-state index >= 15 is 0 Å². The summed E-state index contributed by atoms with van der Waals surface area (Å²) in [5, 5.41) is 0. The van der Waals surface area contributed by atoms with E-state index in [0.29, 0.717) is 42.0 Å². The highest BCUT2D eigenvalue weighted by Crippen LogP contribution is 2.51. The Balaban J connectivity index is 1.45. The molecule has 7 heteroatoms. The zero-order valence-corrected chi connectivity index (χ0v) is 25.2. The summed E-state index contributed by atoms with van der Waals surface area (Å²) in [5.74, 6) is 0.520. The molecule has 6 rings (SSSR count). The molecule has 0 unspecified atom stereocenters. The van der Waals surface area contributed by atoms with Crippen molar-refractivity contribution < 1.29 is 23.5 Å². The van der Waals surface area contributed by atoms with Gasteiger partial charge in [-0.05, 0) is 89.5 Å². The minimum Gasteiger partial charge on any atom is -0.490 e. The van der Waals surface area contributed by atoms with Crippen molar-refractivity contribution in [2.75, 3.05) is 6.61 Å². The Hall–Kier alpha value is -3.71. The van der Waals surface area contributed by atoms with E-state index in [-0.39, 0.29) is 24.0 Å². The highest BCUT2D eigenvalue weighted by atomic mass is 79.9. The fourth-order valence-electron chi connectivity index (χ4n) is 6.40. The molecule has 0 atom stereocenters. The minimum absolute atomic E-state index is 0.106. The highest BCUT2D eigenvalue weighted by Gasteiger charge is 2.43. The van der Waals surface area contributed by atoms with Crippen molar-refractivity contribution in [3.8, 4) is 11.5 Å². The molecule has 0 saturated heterocycles. The summed E-state index contributed by atoms with van der Waals surface area (Å²) in [7, 11) is 0. The summed E-state index contributed by atoms with van der Waals surface area (Å²) < 4.78 is 26.3. The second kappa shape index (κ2) is 12.3. The van der Waals surface area contributed by atoms with Gasteiger partial charge in [-0.3, -0.25) is 9.59 Å². The third kappa shape index (κ3) is 5.54. The standard InChI is InChI=1S/C35H33BrFNO4/c1-2-41-31-19-24(18-26(36)35(31)42-21-23-14-16-25(37)17-15-23)32-33-27(10-6-12-29(33)39)38(20-22-8-4-3-5-9-22)28-11-7-13-30(40)34(28)32/h3-5,8-9,14-19,32H,2,6-7,10-13,20-21H2,1H3. The van der Waals surface area contributed by atoms with Crippen LogP contribution in [0.2, 0.25) is 0 Å². The summed E-state index contributed by atoms with van der Waals surface area (Å²) in [6.45, 7) is 3.19. The summed E-state index contributed by atoms with van der Waals surface area (Å²) in [6, 6.07) is 20.3. The van der Waals surface area contributed by atoms with Crippen molar-refractivity contribution in [1.29, 1.82) is 0 Å². The number of carbonyl (C=O) groups excluding carboxylic acids is 2. The summed E-state index contributed by atoms with van der Waals surface area (Å²) in [5.41, 5.74) is 6.37. The molecule has 0 radical (unpaired) electrons. The fourth-order valence-corrected chi connectivity index (χ4v) is 6.97. The summed E-state index contributed by atoms with van der Waals surface area (Å²) >= 11 is 3.70. The van der Waals surface area contributed by atoms with Crippen molar-refractivity contribution in [3.05, 3.63) is 116 Å². The molecule has 5 nitrogen and oxygen atoms in total. The third-order valence-corrected chi connectivity index (χ3v) is 8.82. The molecular formula is C35H33BrFNO4. The van der Waals surface area contributed by atoms with Crippen LogP contribution in [0.15, 0.2) is 93.7 Å². The van der Waals surface area contributed by atoms with E-state index in [2.05, 4.69) is 33.0 Å². The maximum Gasteiger partial charge on any atom is 0.175 e. The molecular weight excluding hydrogens is 597 g/mol. The number of nitrogens with zero attached hydrogens (tertiary/aromatic N) is 1. The van der Waals surface area contributed by atoms with Gasteiger partial charge in [0.05, 0.1) is 11.1 Å². The molecule has 0 saturated carbocycles. The first kappa shape index (κ1) is 28.4. The predicted octanol–water partition coefficient (Wildman–Crippen LogP) is 8.18. The lowest BCUT2D eigenvalue weighted by Gasteiger charge is -2.44. The smallest absolute Gasteiger partial charge is 0.175 e. The normalized spacial score (nSPS) is 17.4. The van der Waals surface area contributed by atoms with Crippen molar-refractivity contribution in [1.82, 2.24) is 4.90 Å². The molecule has 42 heavy (non-hydrogen) atoms. The number of carbonyl (C=O) groups is 2. The molecule has 0 amide bonds. The Labute approximate surface area is 254 Å². The van der Waals surface area contributed by atoms with Crippen molar-refractivity contribution >= 4 is 27.5 Å². The van der Waals surface area contributed by atoms with Gasteiger partial charge < -0.3 is 14.4 Å². The van der Waals surface area contributed by atoms with Crippen LogP contribution in [0.25, 0.3) is 0 Å². The Morgan fingerprint density at radius 2 is 1.48 bits per heavy atom. The predicted molar refractivity (Wildman–Crippen MR) is 163 cm³/mol. The van der Waals surface area contributed by atoms with E-state index in [1.807, 2.05) is 37.3 Å². The Morgan fingerprint density at radius 1 is 0.833 bits per heavy atom. The number of Topliss-reactive ketones (excluding diaryl/α,β-unsaturated/α-hetero) is 2. The molecule has 2 aliphatic carbocycles. The summed E-state index contributed by atoms with van der Waals surface area (Å²) in [6.07, 6.45) is 4.15. The van der Waals surface area contributed by atoms with E-state index < -0.39 is 5.92 Å². The molecule has 216 valence electrons. The van der Waals surface area contributed by atoms with Crippen LogP contribution < -0.4 is 9.47 Å². The SMILES string of the molecule is CCOc1cc(C2C3=C(CCCC3=O)N(Cc3ccccc3)C3=C2C(=O)CCC3)cc(Br)c1OCc1ccc(F)cc1. The highest BCUT2D eigenvalue weighted by molar-refractivity contribution is 9.10. The minimum atomic E-state index is -0.454. The van der Waals surface area contributed by atoms with Gasteiger partial charge in [0.2, 0.25) is 0 Å². The number of ether oxygens (including phenoxy) is 2. The van der Waals surface area contributed by atoms with Gasteiger partial charge in [0.25, 0.3) is 0 Å². The van der Waals surface area contributed by atoms with Crippen molar-refractivity contribution in [2.45, 2.75) is 64.5 Å². The average molecular weight is 631 g/mol. The zero-order valence-electron chi connectivity index (χ0n) is 23.6. The van der Waals surface area contributed by atoms with E-state index in [9.17, 15) is 14.0 Å². The van der Waals surface area contributed by atoms with E-state index in [0.717, 1.165) is 64.9 Å². The molecule has 0 N–H and O–H groups in total. The Bertz CT molecular complexity index is 1530. The number of ketones is 2. The van der Waals surface area contributed by atoms with Crippen molar-refractivity contribution in [3.63, 3.8) is 0 Å². The Kier molecular flexibility index (Phi) is 8.29. The Morgan fingerprint density at radius 3 is 2.10 bits per heavy atom. The molecule has 0 spiro atoms. The zero-order chi connectivity index (χ0) is 29.2. The summed E-state index contributed by atoms with van der Waals surface area (Å²) in [4.78, 5) is 29.7. The van der Waals surface area contributed by atoms with Crippen molar-refractivity contribution in [2.24, 2.45) is 0 Å². The van der Waals surface area contributed by atoms with Gasteiger partial charge in [-0.1, -0.05) is 42.5 Å². The van der Waals surface area contributed by atoms with Crippen LogP contribution >= 0.6 is 15.9 Å². The molecule has 3 aliphatic rings. The van der Waals surface area contributed by atoms with Crippen LogP contribution in [0.5, 0.6) is 11.5 Å². The number of hydrogen-bond acceptors (Lipinski definition) is 5. The van der Waals surface area contributed by atoms with Gasteiger partial charge in [-0.2, -0.15) is 0 Å². The van der Waals surface area contributed by atoms with Crippen LogP contribution in [-0.2, 0) is 22.7 Å². The molecule has 0 bridgehead atoms. The largest absolute Gasteiger partial charge is 0.490 e. The number of allylic oxidation sites excluding steroid dienone is 4. The van der Waals surface area contributed by atoms with E-state index in [1.54, 1.807) is 12.1 Å². The topological polar surface area (TPSA) is 55.8 Å². The second-order valence-electron chi connectivity index (χ2n) is 11.0. The maximum absolute atomic E-state index is 13.7. The lowest BCUT2D eigenvalue weighted by Crippen LogP contribution is -2.38. The molecule has 1 aliphatic heterocycles. The lowest BCUT2D eigenvalue weighted by molar-refractivity contribution is -0.117. The maximum atomic E-state index is 13.7. The van der Waals surface area contributed by atoms with Gasteiger partial charge in [-0.25, -0.2) is 4.39 Å². The van der Waals surface area contributed by atoms with Crippen LogP contribution in [0.3, 0.4) is 0 Å². The monoisotopic (exact) mass is 629 g/mol. The fraction of sp³-hybridized carbons (Fsp3) is 0.314. The first-order valence-electron chi connectivity index (χ1n) is 14.6. The molecule has 0 aromatic heterocycles. The second-order valence-corrected chi connectivity index (χ2v) is 11.8. The molecule has 1 heterocycles. The molecule has 0 fully saturated rings. The molecule has 3 aromatic rings. The van der Waals surface area contributed by atoms with Gasteiger partial charge in [0, 0.05) is 47.8 Å². The van der Waals surface area contributed by atoms with Gasteiger partial charge in [0.15, 0.2) is 23.1 Å². The van der Waals surface area contributed by atoms with E-state index in [1.165, 1.54) is 12.1 Å². The van der Waals surface area contributed by atoms with Gasteiger partial charge >= 0.3 is 0 Å². The first-order chi connectivity index (χ1) is 20.4. The van der Waals surface area contributed by atoms with E-state index in [4.69, 9.17) is 9.47 Å². The van der Waals surface area contributed by atoms with Crippen LogP contribution in [-0.4, -0.2) is 23.1 Å². The van der Waals surface area contributed by atoms with Crippen LogP contribution in [0, 0.1) is 5.82 Å².